The Morgan fingerprint density at radius 1 is 1.43 bits per heavy atom. The van der Waals surface area contributed by atoms with E-state index >= 15 is 0 Å². The summed E-state index contributed by atoms with van der Waals surface area (Å²) in [5.74, 6) is 0.707. The van der Waals surface area contributed by atoms with Crippen LogP contribution in [0.4, 0.5) is 0 Å². The summed E-state index contributed by atoms with van der Waals surface area (Å²) in [6.07, 6.45) is 2.15. The molecule has 0 spiro atoms. The van der Waals surface area contributed by atoms with Crippen molar-refractivity contribution in [1.82, 2.24) is 5.32 Å². The summed E-state index contributed by atoms with van der Waals surface area (Å²) >= 11 is 0. The monoisotopic (exact) mass is 199 g/mol. The van der Waals surface area contributed by atoms with Crippen LogP contribution in [-0.4, -0.2) is 24.8 Å². The quantitative estimate of drug-likeness (QED) is 0.729. The lowest BCUT2D eigenvalue weighted by Crippen LogP contribution is -2.46. The predicted octanol–water partition coefficient (Wildman–Crippen LogP) is 2.03. The maximum atomic E-state index is 10.2. The highest BCUT2D eigenvalue weighted by molar-refractivity contribution is 5.02. The fourth-order valence-electron chi connectivity index (χ4n) is 2.78. The average molecular weight is 199 g/mol. The van der Waals surface area contributed by atoms with Gasteiger partial charge in [0.1, 0.15) is 0 Å². The first-order valence-electron chi connectivity index (χ1n) is 5.69. The zero-order chi connectivity index (χ0) is 11.0. The molecule has 0 radical (unpaired) electrons. The SMILES string of the molecule is CNC[C@H](O)[C@@]1(C)CC[C@@H](C)C1(C)C. The Labute approximate surface area is 88.1 Å². The van der Waals surface area contributed by atoms with Crippen LogP contribution in [0.3, 0.4) is 0 Å². The summed E-state index contributed by atoms with van der Waals surface area (Å²) in [6.45, 7) is 9.83. The molecule has 0 aromatic rings. The van der Waals surface area contributed by atoms with Crippen LogP contribution in [0, 0.1) is 16.7 Å². The normalized spacial score (nSPS) is 38.6. The van der Waals surface area contributed by atoms with Gasteiger partial charge in [-0.2, -0.15) is 0 Å². The minimum Gasteiger partial charge on any atom is -0.391 e. The molecule has 3 atom stereocenters. The van der Waals surface area contributed by atoms with Crippen molar-refractivity contribution in [1.29, 1.82) is 0 Å². The molecule has 14 heavy (non-hydrogen) atoms. The zero-order valence-corrected chi connectivity index (χ0v) is 10.2. The molecule has 0 unspecified atom stereocenters. The fraction of sp³-hybridized carbons (Fsp3) is 1.00. The number of hydrogen-bond donors (Lipinski definition) is 2. The Morgan fingerprint density at radius 3 is 2.36 bits per heavy atom. The molecule has 0 amide bonds. The van der Waals surface area contributed by atoms with Crippen molar-refractivity contribution in [2.45, 2.75) is 46.6 Å². The van der Waals surface area contributed by atoms with Crippen LogP contribution in [0.1, 0.15) is 40.5 Å². The number of hydrogen-bond acceptors (Lipinski definition) is 2. The molecule has 1 aliphatic carbocycles. The molecule has 0 aromatic heterocycles. The van der Waals surface area contributed by atoms with Crippen molar-refractivity contribution < 1.29 is 5.11 Å². The van der Waals surface area contributed by atoms with E-state index < -0.39 is 0 Å². The van der Waals surface area contributed by atoms with Gasteiger partial charge in [0.15, 0.2) is 0 Å². The van der Waals surface area contributed by atoms with E-state index in [1.807, 2.05) is 7.05 Å². The van der Waals surface area contributed by atoms with Crippen molar-refractivity contribution in [3.05, 3.63) is 0 Å². The molecule has 2 heteroatoms. The van der Waals surface area contributed by atoms with Crippen LogP contribution >= 0.6 is 0 Å². The van der Waals surface area contributed by atoms with E-state index in [0.29, 0.717) is 12.5 Å². The number of rotatable bonds is 3. The molecule has 2 nitrogen and oxygen atoms in total. The Hall–Kier alpha value is -0.0800. The lowest BCUT2D eigenvalue weighted by atomic mass is 9.63. The lowest BCUT2D eigenvalue weighted by molar-refractivity contribution is -0.0382. The third kappa shape index (κ3) is 1.59. The summed E-state index contributed by atoms with van der Waals surface area (Å²) in [5.41, 5.74) is 0.304. The maximum Gasteiger partial charge on any atom is 0.0723 e. The molecule has 0 bridgehead atoms. The van der Waals surface area contributed by atoms with E-state index in [1.165, 1.54) is 6.42 Å². The molecule has 1 aliphatic rings. The molecule has 0 heterocycles. The predicted molar refractivity (Wildman–Crippen MR) is 60.2 cm³/mol. The van der Waals surface area contributed by atoms with Gasteiger partial charge < -0.3 is 10.4 Å². The third-order valence-corrected chi connectivity index (χ3v) is 4.93. The summed E-state index contributed by atoms with van der Waals surface area (Å²) in [5, 5.41) is 13.3. The molecule has 1 saturated carbocycles. The second-order valence-electron chi connectivity index (χ2n) is 5.65. The first kappa shape index (κ1) is 12.0. The average Bonchev–Trinajstić information content (AvgIpc) is 2.31. The van der Waals surface area contributed by atoms with Crippen molar-refractivity contribution in [2.24, 2.45) is 16.7 Å². The van der Waals surface area contributed by atoms with E-state index in [4.69, 9.17) is 0 Å². The Balaban J connectivity index is 2.83. The van der Waals surface area contributed by atoms with Gasteiger partial charge in [-0.3, -0.25) is 0 Å². The van der Waals surface area contributed by atoms with Gasteiger partial charge in [-0.25, -0.2) is 0 Å². The summed E-state index contributed by atoms with van der Waals surface area (Å²) in [4.78, 5) is 0. The Bertz CT molecular complexity index is 202. The fourth-order valence-corrected chi connectivity index (χ4v) is 2.78. The van der Waals surface area contributed by atoms with Crippen LogP contribution < -0.4 is 5.32 Å². The molecule has 84 valence electrons. The first-order chi connectivity index (χ1) is 6.36. The van der Waals surface area contributed by atoms with E-state index in [1.54, 1.807) is 0 Å². The second kappa shape index (κ2) is 3.82. The van der Waals surface area contributed by atoms with Crippen molar-refractivity contribution in [2.75, 3.05) is 13.6 Å². The number of nitrogens with one attached hydrogen (secondary N) is 1. The van der Waals surface area contributed by atoms with Crippen LogP contribution in [-0.2, 0) is 0 Å². The molecule has 0 aliphatic heterocycles. The number of aliphatic hydroxyl groups is 1. The molecule has 0 saturated heterocycles. The highest BCUT2D eigenvalue weighted by atomic mass is 16.3. The van der Waals surface area contributed by atoms with Crippen molar-refractivity contribution in [3.8, 4) is 0 Å². The number of aliphatic hydroxyl groups excluding tert-OH is 1. The van der Waals surface area contributed by atoms with E-state index in [-0.39, 0.29) is 16.9 Å². The molecule has 1 fully saturated rings. The molecular weight excluding hydrogens is 174 g/mol. The highest BCUT2D eigenvalue weighted by Gasteiger charge is 2.52. The standard InChI is InChI=1S/C12H25NO/c1-9-6-7-12(4,11(9,2)3)10(14)8-13-5/h9-10,13-14H,6-8H2,1-5H3/t9-,10+,12-/m1/s1. The van der Waals surface area contributed by atoms with E-state index in [9.17, 15) is 5.11 Å². The van der Waals surface area contributed by atoms with Gasteiger partial charge in [0.25, 0.3) is 0 Å². The van der Waals surface area contributed by atoms with Gasteiger partial charge >= 0.3 is 0 Å². The summed E-state index contributed by atoms with van der Waals surface area (Å²) in [7, 11) is 1.90. The van der Waals surface area contributed by atoms with Gasteiger partial charge in [0.05, 0.1) is 6.10 Å². The van der Waals surface area contributed by atoms with Gasteiger partial charge in [-0.15, -0.1) is 0 Å². The lowest BCUT2D eigenvalue weighted by Gasteiger charge is -2.44. The van der Waals surface area contributed by atoms with Crippen molar-refractivity contribution in [3.63, 3.8) is 0 Å². The van der Waals surface area contributed by atoms with Crippen LogP contribution in [0.2, 0.25) is 0 Å². The van der Waals surface area contributed by atoms with E-state index in [2.05, 4.69) is 33.0 Å². The molecule has 0 aromatic carbocycles. The Morgan fingerprint density at radius 2 is 2.00 bits per heavy atom. The van der Waals surface area contributed by atoms with Crippen LogP contribution in [0.5, 0.6) is 0 Å². The van der Waals surface area contributed by atoms with Gasteiger partial charge in [0.2, 0.25) is 0 Å². The second-order valence-corrected chi connectivity index (χ2v) is 5.65. The largest absolute Gasteiger partial charge is 0.391 e. The number of likely N-dealkylation sites (N-methyl/N-ethyl adjacent to an activating group) is 1. The van der Waals surface area contributed by atoms with Gasteiger partial charge in [-0.1, -0.05) is 27.7 Å². The van der Waals surface area contributed by atoms with Crippen LogP contribution in [0.15, 0.2) is 0 Å². The smallest absolute Gasteiger partial charge is 0.0723 e. The highest BCUT2D eigenvalue weighted by Crippen LogP contribution is 2.57. The minimum absolute atomic E-state index is 0.0649. The maximum absolute atomic E-state index is 10.2. The van der Waals surface area contributed by atoms with E-state index in [0.717, 1.165) is 6.42 Å². The van der Waals surface area contributed by atoms with Gasteiger partial charge in [0, 0.05) is 12.0 Å². The zero-order valence-electron chi connectivity index (χ0n) is 10.2. The topological polar surface area (TPSA) is 32.3 Å². The summed E-state index contributed by atoms with van der Waals surface area (Å²) in [6, 6.07) is 0. The van der Waals surface area contributed by atoms with Crippen molar-refractivity contribution >= 4 is 0 Å². The van der Waals surface area contributed by atoms with Gasteiger partial charge in [-0.05, 0) is 31.2 Å². The first-order valence-corrected chi connectivity index (χ1v) is 5.69. The minimum atomic E-state index is -0.229. The van der Waals surface area contributed by atoms with Crippen LogP contribution in [0.25, 0.3) is 0 Å². The summed E-state index contributed by atoms with van der Waals surface area (Å²) < 4.78 is 0. The molecular formula is C12H25NO. The Kier molecular flexibility index (Phi) is 3.27. The molecule has 2 N–H and O–H groups in total. The third-order valence-electron chi connectivity index (χ3n) is 4.93. The molecule has 1 rings (SSSR count).